The third-order valence-corrected chi connectivity index (χ3v) is 3.96. The number of piperidine rings is 1. The average molecular weight is 334 g/mol. The molecule has 0 unspecified atom stereocenters. The average Bonchev–Trinajstić information content (AvgIpc) is 2.75. The molecule has 0 N–H and O–H groups in total. The summed E-state index contributed by atoms with van der Waals surface area (Å²) in [5, 5.41) is 8.83. The minimum absolute atomic E-state index is 0. The fourth-order valence-corrected chi connectivity index (χ4v) is 2.96. The standard InChI is InChI=1S/C12H16ClN5.2H2S/c1-8-4-3-5-9(2)18(8)12-16-15-11-10(13)14-6-7-17(11)12;;/h6-9H,3-5H2,1-2H3;2*1H2/t8-,9-;;/m0../s1. The highest BCUT2D eigenvalue weighted by Gasteiger charge is 2.28. The largest absolute Gasteiger partial charge is 0.335 e. The van der Waals surface area contributed by atoms with Crippen molar-refractivity contribution in [3.05, 3.63) is 17.5 Å². The molecule has 0 amide bonds. The Kier molecular flexibility index (Phi) is 5.97. The van der Waals surface area contributed by atoms with E-state index >= 15 is 0 Å². The van der Waals surface area contributed by atoms with Gasteiger partial charge in [0.1, 0.15) is 0 Å². The van der Waals surface area contributed by atoms with Crippen LogP contribution < -0.4 is 4.90 Å². The molecule has 0 radical (unpaired) electrons. The van der Waals surface area contributed by atoms with Gasteiger partial charge in [-0.3, -0.25) is 4.40 Å². The van der Waals surface area contributed by atoms with Crippen molar-refractivity contribution in [1.29, 1.82) is 0 Å². The summed E-state index contributed by atoms with van der Waals surface area (Å²) in [5.74, 6) is 0.869. The zero-order valence-corrected chi connectivity index (χ0v) is 14.3. The van der Waals surface area contributed by atoms with Crippen LogP contribution in [0.1, 0.15) is 33.1 Å². The molecule has 2 aromatic heterocycles. The summed E-state index contributed by atoms with van der Waals surface area (Å²) in [5.41, 5.74) is 0.624. The number of nitrogens with zero attached hydrogens (tertiary/aromatic N) is 5. The van der Waals surface area contributed by atoms with Gasteiger partial charge in [-0.1, -0.05) is 11.6 Å². The van der Waals surface area contributed by atoms with Gasteiger partial charge in [-0.2, -0.15) is 27.0 Å². The molecule has 3 heterocycles. The van der Waals surface area contributed by atoms with Gasteiger partial charge in [0.05, 0.1) is 0 Å². The van der Waals surface area contributed by atoms with Crippen LogP contribution in [-0.2, 0) is 0 Å². The Morgan fingerprint density at radius 2 is 1.80 bits per heavy atom. The van der Waals surface area contributed by atoms with E-state index in [0.29, 0.717) is 22.9 Å². The van der Waals surface area contributed by atoms with E-state index in [9.17, 15) is 0 Å². The Bertz CT molecular complexity index is 566. The fourth-order valence-electron chi connectivity index (χ4n) is 2.78. The maximum absolute atomic E-state index is 6.03. The second-order valence-electron chi connectivity index (χ2n) is 4.95. The van der Waals surface area contributed by atoms with Crippen LogP contribution in [0.4, 0.5) is 5.95 Å². The van der Waals surface area contributed by atoms with Crippen molar-refractivity contribution < 1.29 is 0 Å². The first-order chi connectivity index (χ1) is 8.68. The highest BCUT2D eigenvalue weighted by atomic mass is 35.5. The summed E-state index contributed by atoms with van der Waals surface area (Å²) >= 11 is 6.03. The van der Waals surface area contributed by atoms with Crippen molar-refractivity contribution in [2.45, 2.75) is 45.2 Å². The summed E-state index contributed by atoms with van der Waals surface area (Å²) in [6.45, 7) is 4.47. The minimum Gasteiger partial charge on any atom is -0.335 e. The second-order valence-corrected chi connectivity index (χ2v) is 5.31. The van der Waals surface area contributed by atoms with E-state index in [-0.39, 0.29) is 27.0 Å². The van der Waals surface area contributed by atoms with Crippen molar-refractivity contribution in [1.82, 2.24) is 19.6 Å². The van der Waals surface area contributed by atoms with Crippen molar-refractivity contribution in [2.75, 3.05) is 4.90 Å². The minimum atomic E-state index is 0. The maximum Gasteiger partial charge on any atom is 0.232 e. The Labute approximate surface area is 137 Å². The van der Waals surface area contributed by atoms with E-state index in [4.69, 9.17) is 11.6 Å². The van der Waals surface area contributed by atoms with Crippen LogP contribution in [0, 0.1) is 0 Å². The van der Waals surface area contributed by atoms with Gasteiger partial charge >= 0.3 is 0 Å². The number of halogens is 1. The second kappa shape index (κ2) is 6.87. The number of anilines is 1. The van der Waals surface area contributed by atoms with Crippen LogP contribution in [0.2, 0.25) is 5.15 Å². The van der Waals surface area contributed by atoms with Crippen molar-refractivity contribution in [2.24, 2.45) is 0 Å². The molecule has 0 bridgehead atoms. The molecule has 1 fully saturated rings. The number of hydrogen-bond donors (Lipinski definition) is 0. The number of rotatable bonds is 1. The van der Waals surface area contributed by atoms with E-state index in [0.717, 1.165) is 5.95 Å². The first kappa shape index (κ1) is 17.4. The van der Waals surface area contributed by atoms with Gasteiger partial charge in [-0.15, -0.1) is 10.2 Å². The van der Waals surface area contributed by atoms with Gasteiger partial charge < -0.3 is 4.90 Å². The van der Waals surface area contributed by atoms with Crippen molar-refractivity contribution in [3.8, 4) is 0 Å². The van der Waals surface area contributed by atoms with E-state index in [1.54, 1.807) is 6.20 Å². The molecule has 8 heteroatoms. The molecule has 20 heavy (non-hydrogen) atoms. The highest BCUT2D eigenvalue weighted by Crippen LogP contribution is 2.28. The molecule has 112 valence electrons. The van der Waals surface area contributed by atoms with Crippen LogP contribution >= 0.6 is 38.6 Å². The van der Waals surface area contributed by atoms with E-state index in [1.807, 2.05) is 10.6 Å². The van der Waals surface area contributed by atoms with E-state index in [2.05, 4.69) is 33.9 Å². The molecule has 0 aromatic carbocycles. The summed E-state index contributed by atoms with van der Waals surface area (Å²) in [6, 6.07) is 0.959. The molecule has 0 aliphatic carbocycles. The summed E-state index contributed by atoms with van der Waals surface area (Å²) < 4.78 is 1.92. The van der Waals surface area contributed by atoms with E-state index in [1.165, 1.54) is 19.3 Å². The van der Waals surface area contributed by atoms with Crippen molar-refractivity contribution in [3.63, 3.8) is 0 Å². The van der Waals surface area contributed by atoms with Gasteiger partial charge in [-0.05, 0) is 33.1 Å². The predicted molar refractivity (Wildman–Crippen MR) is 91.8 cm³/mol. The highest BCUT2D eigenvalue weighted by molar-refractivity contribution is 7.59. The summed E-state index contributed by atoms with van der Waals surface area (Å²) in [7, 11) is 0. The molecular weight excluding hydrogens is 314 g/mol. The molecule has 1 aliphatic heterocycles. The number of aromatic nitrogens is 4. The zero-order chi connectivity index (χ0) is 12.7. The van der Waals surface area contributed by atoms with Crippen LogP contribution in [0.15, 0.2) is 12.4 Å². The topological polar surface area (TPSA) is 46.3 Å². The quantitative estimate of drug-likeness (QED) is 0.805. The smallest absolute Gasteiger partial charge is 0.232 e. The molecule has 1 saturated heterocycles. The molecule has 3 rings (SSSR count). The summed E-state index contributed by atoms with van der Waals surface area (Å²) in [6.07, 6.45) is 7.21. The lowest BCUT2D eigenvalue weighted by Gasteiger charge is -2.38. The van der Waals surface area contributed by atoms with Crippen LogP contribution in [0.25, 0.3) is 5.65 Å². The van der Waals surface area contributed by atoms with Crippen LogP contribution in [0.3, 0.4) is 0 Å². The molecular formula is C12H20ClN5S2. The Morgan fingerprint density at radius 1 is 1.15 bits per heavy atom. The lowest BCUT2D eigenvalue weighted by atomic mass is 9.98. The van der Waals surface area contributed by atoms with Gasteiger partial charge in [0.25, 0.3) is 0 Å². The summed E-state index contributed by atoms with van der Waals surface area (Å²) in [4.78, 5) is 6.36. The Morgan fingerprint density at radius 3 is 2.45 bits per heavy atom. The lowest BCUT2D eigenvalue weighted by Crippen LogP contribution is -2.44. The number of fused-ring (bicyclic) bond motifs is 1. The molecule has 2 aromatic rings. The molecule has 0 spiro atoms. The molecule has 1 aliphatic rings. The normalized spacial score (nSPS) is 22.2. The number of hydrogen-bond acceptors (Lipinski definition) is 4. The molecule has 0 saturated carbocycles. The van der Waals surface area contributed by atoms with Crippen LogP contribution in [0.5, 0.6) is 0 Å². The van der Waals surface area contributed by atoms with Gasteiger partial charge in [0.2, 0.25) is 5.95 Å². The Hall–Kier alpha value is -0.660. The zero-order valence-electron chi connectivity index (χ0n) is 11.5. The molecule has 2 atom stereocenters. The van der Waals surface area contributed by atoms with Gasteiger partial charge in [-0.25, -0.2) is 4.98 Å². The van der Waals surface area contributed by atoms with E-state index < -0.39 is 0 Å². The predicted octanol–water partition coefficient (Wildman–Crippen LogP) is 2.77. The fraction of sp³-hybridized carbons (Fsp3) is 0.583. The molecule has 5 nitrogen and oxygen atoms in total. The van der Waals surface area contributed by atoms with Gasteiger partial charge in [0, 0.05) is 24.5 Å². The first-order valence-corrected chi connectivity index (χ1v) is 6.70. The van der Waals surface area contributed by atoms with Crippen LogP contribution in [-0.4, -0.2) is 31.7 Å². The third kappa shape index (κ3) is 2.84. The first-order valence-electron chi connectivity index (χ1n) is 6.32. The Balaban J connectivity index is 0.000001000. The lowest BCUT2D eigenvalue weighted by molar-refractivity contribution is 0.406. The SMILES string of the molecule is C[C@H]1CCC[C@H](C)N1c1nnc2c(Cl)nccn12.S.S. The van der Waals surface area contributed by atoms with Gasteiger partial charge in [0.15, 0.2) is 10.8 Å². The third-order valence-electron chi connectivity index (χ3n) is 3.69. The maximum atomic E-state index is 6.03. The van der Waals surface area contributed by atoms with Crippen molar-refractivity contribution >= 4 is 50.2 Å². The monoisotopic (exact) mass is 333 g/mol.